The number of aliphatic hydroxyl groups excluding tert-OH is 1. The van der Waals surface area contributed by atoms with Crippen molar-refractivity contribution in [2.45, 2.75) is 13.3 Å². The topological polar surface area (TPSA) is 32.3 Å². The van der Waals surface area contributed by atoms with Crippen LogP contribution in [-0.4, -0.2) is 24.8 Å². The average molecular weight is 237 g/mol. The van der Waals surface area contributed by atoms with Crippen LogP contribution in [0.4, 0.5) is 4.39 Å². The third kappa shape index (κ3) is 6.19. The summed E-state index contributed by atoms with van der Waals surface area (Å²) in [4.78, 5) is 0. The molecular formula is C14H20FNO. The molecule has 2 N–H and O–H groups in total. The van der Waals surface area contributed by atoms with Crippen LogP contribution in [0, 0.1) is 11.7 Å². The summed E-state index contributed by atoms with van der Waals surface area (Å²) in [6.45, 7) is 4.03. The van der Waals surface area contributed by atoms with Gasteiger partial charge in [0, 0.05) is 13.2 Å². The molecule has 0 heterocycles. The van der Waals surface area contributed by atoms with Crippen molar-refractivity contribution in [1.82, 2.24) is 5.32 Å². The summed E-state index contributed by atoms with van der Waals surface area (Å²) in [6.07, 6.45) is 4.80. The minimum absolute atomic E-state index is 0.210. The molecule has 1 unspecified atom stereocenters. The lowest BCUT2D eigenvalue weighted by Gasteiger charge is -2.09. The van der Waals surface area contributed by atoms with Crippen molar-refractivity contribution in [3.05, 3.63) is 41.7 Å². The molecule has 3 heteroatoms. The molecule has 0 amide bonds. The van der Waals surface area contributed by atoms with Crippen molar-refractivity contribution in [3.63, 3.8) is 0 Å². The smallest absolute Gasteiger partial charge is 0.123 e. The second-order valence-electron chi connectivity index (χ2n) is 4.23. The first-order valence-electron chi connectivity index (χ1n) is 5.96. The van der Waals surface area contributed by atoms with E-state index in [9.17, 15) is 4.39 Å². The molecule has 1 aromatic rings. The van der Waals surface area contributed by atoms with E-state index in [4.69, 9.17) is 5.11 Å². The molecule has 0 aromatic heterocycles. The lowest BCUT2D eigenvalue weighted by atomic mass is 10.1. The fraction of sp³-hybridized carbons (Fsp3) is 0.429. The Morgan fingerprint density at radius 1 is 1.35 bits per heavy atom. The minimum atomic E-state index is -0.210. The Hall–Kier alpha value is -1.19. The van der Waals surface area contributed by atoms with Crippen molar-refractivity contribution in [2.75, 3.05) is 19.7 Å². The van der Waals surface area contributed by atoms with Gasteiger partial charge in [-0.05, 0) is 36.6 Å². The van der Waals surface area contributed by atoms with Gasteiger partial charge in [-0.1, -0.05) is 31.2 Å². The van der Waals surface area contributed by atoms with Crippen LogP contribution in [0.2, 0.25) is 0 Å². The summed E-state index contributed by atoms with van der Waals surface area (Å²) in [7, 11) is 0. The van der Waals surface area contributed by atoms with Crippen molar-refractivity contribution >= 4 is 6.08 Å². The van der Waals surface area contributed by atoms with Crippen LogP contribution in [0.25, 0.3) is 6.08 Å². The summed E-state index contributed by atoms with van der Waals surface area (Å²) in [5.74, 6) is 0.275. The molecule has 0 radical (unpaired) electrons. The molecule has 94 valence electrons. The van der Waals surface area contributed by atoms with Gasteiger partial charge < -0.3 is 10.4 Å². The van der Waals surface area contributed by atoms with Gasteiger partial charge in [0.2, 0.25) is 0 Å². The predicted molar refractivity (Wildman–Crippen MR) is 69.2 cm³/mol. The maximum absolute atomic E-state index is 12.6. The minimum Gasteiger partial charge on any atom is -0.396 e. The van der Waals surface area contributed by atoms with E-state index in [2.05, 4.69) is 12.2 Å². The van der Waals surface area contributed by atoms with Gasteiger partial charge in [0.15, 0.2) is 0 Å². The van der Waals surface area contributed by atoms with E-state index in [1.807, 2.05) is 12.2 Å². The molecule has 0 spiro atoms. The van der Waals surface area contributed by atoms with E-state index in [0.717, 1.165) is 25.1 Å². The second kappa shape index (κ2) is 7.98. The number of aliphatic hydroxyl groups is 1. The summed E-state index contributed by atoms with van der Waals surface area (Å²) in [6, 6.07) is 6.41. The summed E-state index contributed by atoms with van der Waals surface area (Å²) in [5, 5.41) is 12.0. The molecule has 0 fully saturated rings. The first-order valence-corrected chi connectivity index (χ1v) is 5.96. The summed E-state index contributed by atoms with van der Waals surface area (Å²) in [5.41, 5.74) is 0.997. The molecule has 17 heavy (non-hydrogen) atoms. The molecule has 0 aliphatic carbocycles. The highest BCUT2D eigenvalue weighted by molar-refractivity contribution is 5.48. The van der Waals surface area contributed by atoms with E-state index in [1.54, 1.807) is 12.1 Å². The highest BCUT2D eigenvalue weighted by Gasteiger charge is 1.98. The molecule has 1 rings (SSSR count). The van der Waals surface area contributed by atoms with Crippen LogP contribution in [0.1, 0.15) is 18.9 Å². The van der Waals surface area contributed by atoms with Crippen LogP contribution in [0.3, 0.4) is 0 Å². The molecular weight excluding hydrogens is 217 g/mol. The van der Waals surface area contributed by atoms with E-state index in [-0.39, 0.29) is 12.4 Å². The number of hydrogen-bond donors (Lipinski definition) is 2. The highest BCUT2D eigenvalue weighted by Crippen LogP contribution is 2.04. The van der Waals surface area contributed by atoms with Crippen molar-refractivity contribution < 1.29 is 9.50 Å². The van der Waals surface area contributed by atoms with Crippen LogP contribution in [-0.2, 0) is 0 Å². The van der Waals surface area contributed by atoms with E-state index in [1.165, 1.54) is 12.1 Å². The first-order chi connectivity index (χ1) is 8.22. The van der Waals surface area contributed by atoms with Gasteiger partial charge >= 0.3 is 0 Å². The van der Waals surface area contributed by atoms with Gasteiger partial charge in [-0.2, -0.15) is 0 Å². The fourth-order valence-electron chi connectivity index (χ4n) is 1.50. The van der Waals surface area contributed by atoms with Gasteiger partial charge in [0.05, 0.1) is 0 Å². The normalized spacial score (nSPS) is 13.1. The lowest BCUT2D eigenvalue weighted by molar-refractivity contribution is 0.261. The number of halogens is 1. The molecule has 0 aliphatic rings. The monoisotopic (exact) mass is 237 g/mol. The molecule has 0 bridgehead atoms. The first kappa shape index (κ1) is 13.9. The number of rotatable bonds is 7. The zero-order valence-corrected chi connectivity index (χ0v) is 10.2. The third-order valence-electron chi connectivity index (χ3n) is 2.56. The Balaban J connectivity index is 2.20. The zero-order valence-electron chi connectivity index (χ0n) is 10.2. The third-order valence-corrected chi connectivity index (χ3v) is 2.56. The Morgan fingerprint density at radius 2 is 2.06 bits per heavy atom. The lowest BCUT2D eigenvalue weighted by Crippen LogP contribution is -2.21. The second-order valence-corrected chi connectivity index (χ2v) is 4.23. The Bertz CT molecular complexity index is 335. The SMILES string of the molecule is CC(CCO)CNC/C=C/c1ccc(F)cc1. The Morgan fingerprint density at radius 3 is 2.71 bits per heavy atom. The van der Waals surface area contributed by atoms with Crippen LogP contribution < -0.4 is 5.32 Å². The molecule has 2 nitrogen and oxygen atoms in total. The molecule has 0 saturated heterocycles. The number of nitrogens with one attached hydrogen (secondary N) is 1. The maximum atomic E-state index is 12.6. The average Bonchev–Trinajstić information content (AvgIpc) is 2.31. The molecule has 0 saturated carbocycles. The zero-order chi connectivity index (χ0) is 12.5. The van der Waals surface area contributed by atoms with Gasteiger partial charge in [-0.15, -0.1) is 0 Å². The quantitative estimate of drug-likeness (QED) is 0.714. The molecule has 1 atom stereocenters. The molecule has 1 aromatic carbocycles. The number of hydrogen-bond acceptors (Lipinski definition) is 2. The fourth-order valence-corrected chi connectivity index (χ4v) is 1.50. The molecule has 0 aliphatic heterocycles. The van der Waals surface area contributed by atoms with E-state index >= 15 is 0 Å². The van der Waals surface area contributed by atoms with Crippen LogP contribution >= 0.6 is 0 Å². The maximum Gasteiger partial charge on any atom is 0.123 e. The number of benzene rings is 1. The van der Waals surface area contributed by atoms with E-state index < -0.39 is 0 Å². The van der Waals surface area contributed by atoms with Gasteiger partial charge in [0.25, 0.3) is 0 Å². The Kier molecular flexibility index (Phi) is 6.51. The van der Waals surface area contributed by atoms with Gasteiger partial charge in [-0.25, -0.2) is 4.39 Å². The standard InChI is InChI=1S/C14H20FNO/c1-12(8-10-17)11-16-9-2-3-13-4-6-14(15)7-5-13/h2-7,12,16-17H,8-11H2,1H3/b3-2+. The van der Waals surface area contributed by atoms with Crippen molar-refractivity contribution in [3.8, 4) is 0 Å². The largest absolute Gasteiger partial charge is 0.396 e. The van der Waals surface area contributed by atoms with Crippen LogP contribution in [0.5, 0.6) is 0 Å². The van der Waals surface area contributed by atoms with Crippen LogP contribution in [0.15, 0.2) is 30.3 Å². The summed E-state index contributed by atoms with van der Waals surface area (Å²) >= 11 is 0. The highest BCUT2D eigenvalue weighted by atomic mass is 19.1. The summed E-state index contributed by atoms with van der Waals surface area (Å²) < 4.78 is 12.6. The predicted octanol–water partition coefficient (Wildman–Crippen LogP) is 2.45. The van der Waals surface area contributed by atoms with E-state index in [0.29, 0.717) is 5.92 Å². The van der Waals surface area contributed by atoms with Gasteiger partial charge in [0.1, 0.15) is 5.82 Å². The Labute approximate surface area is 102 Å². The van der Waals surface area contributed by atoms with Crippen molar-refractivity contribution in [2.24, 2.45) is 5.92 Å². The van der Waals surface area contributed by atoms with Crippen molar-refractivity contribution in [1.29, 1.82) is 0 Å². The van der Waals surface area contributed by atoms with Gasteiger partial charge in [-0.3, -0.25) is 0 Å².